The van der Waals surface area contributed by atoms with Gasteiger partial charge in [0.15, 0.2) is 0 Å². The zero-order valence-electron chi connectivity index (χ0n) is 16.3. The minimum atomic E-state index is -4.64. The van der Waals surface area contributed by atoms with Crippen molar-refractivity contribution in [1.82, 2.24) is 5.32 Å². The second-order valence-electron chi connectivity index (χ2n) is 9.23. The molecule has 5 rings (SSSR count). The molecule has 4 aliphatic carbocycles. The van der Waals surface area contributed by atoms with E-state index in [4.69, 9.17) is 19.2 Å². The van der Waals surface area contributed by atoms with E-state index in [0.717, 1.165) is 29.6 Å². The van der Waals surface area contributed by atoms with Crippen molar-refractivity contribution in [2.24, 2.45) is 23.2 Å². The molecule has 0 heterocycles. The van der Waals surface area contributed by atoms with Crippen LogP contribution >= 0.6 is 7.82 Å². The summed E-state index contributed by atoms with van der Waals surface area (Å²) in [5.41, 5.74) is 2.19. The molecule has 1 unspecified atom stereocenters. The summed E-state index contributed by atoms with van der Waals surface area (Å²) in [5, 5.41) is 3.81. The molecule has 0 aromatic heterocycles. The number of rotatable bonds is 6. The Balaban J connectivity index is 0.000000376. The van der Waals surface area contributed by atoms with Gasteiger partial charge in [-0.05, 0) is 93.6 Å². The van der Waals surface area contributed by atoms with Gasteiger partial charge in [-0.15, -0.1) is 0 Å². The van der Waals surface area contributed by atoms with E-state index in [1.165, 1.54) is 18.5 Å². The largest absolute Gasteiger partial charge is 0.466 e. The van der Waals surface area contributed by atoms with Gasteiger partial charge in [0, 0.05) is 6.04 Å². The van der Waals surface area contributed by atoms with Crippen LogP contribution in [0.5, 0.6) is 0 Å². The highest BCUT2D eigenvalue weighted by Crippen LogP contribution is 2.61. The molecular weight excluding hydrogens is 361 g/mol. The average molecular weight is 395 g/mol. The molecule has 0 spiro atoms. The van der Waals surface area contributed by atoms with Crippen molar-refractivity contribution in [2.75, 3.05) is 6.54 Å². The minimum absolute atomic E-state index is 0.594. The van der Waals surface area contributed by atoms with Crippen molar-refractivity contribution < 1.29 is 19.2 Å². The summed E-state index contributed by atoms with van der Waals surface area (Å²) in [4.78, 5) is 21.6. The van der Waals surface area contributed by atoms with Crippen LogP contribution < -0.4 is 5.32 Å². The highest BCUT2D eigenvalue weighted by molar-refractivity contribution is 7.45. The SMILES string of the molecule is CC(Cc1ccccc1)NCCC12CC3CC(CC(C3)C1)C2.O=P(O)(O)O. The van der Waals surface area contributed by atoms with Crippen molar-refractivity contribution in [3.63, 3.8) is 0 Å². The Kier molecular flexibility index (Phi) is 6.81. The molecule has 4 bridgehead atoms. The maximum atomic E-state index is 8.88. The molecule has 152 valence electrons. The smallest absolute Gasteiger partial charge is 0.314 e. The van der Waals surface area contributed by atoms with Crippen LogP contribution in [-0.2, 0) is 11.0 Å². The first-order chi connectivity index (χ1) is 12.7. The van der Waals surface area contributed by atoms with E-state index in [0.29, 0.717) is 6.04 Å². The summed E-state index contributed by atoms with van der Waals surface area (Å²) >= 11 is 0. The van der Waals surface area contributed by atoms with Gasteiger partial charge in [0.1, 0.15) is 0 Å². The number of hydrogen-bond donors (Lipinski definition) is 4. The van der Waals surface area contributed by atoms with Crippen LogP contribution in [0.4, 0.5) is 0 Å². The lowest BCUT2D eigenvalue weighted by Crippen LogP contribution is -2.47. The summed E-state index contributed by atoms with van der Waals surface area (Å²) in [7, 11) is -4.64. The molecular formula is C21H34NO4P. The normalized spacial score (nSPS) is 32.7. The van der Waals surface area contributed by atoms with Crippen LogP contribution in [0.2, 0.25) is 0 Å². The molecule has 1 aromatic carbocycles. The van der Waals surface area contributed by atoms with E-state index in [1.807, 2.05) is 0 Å². The molecule has 0 amide bonds. The molecule has 0 saturated heterocycles. The molecule has 1 atom stereocenters. The van der Waals surface area contributed by atoms with E-state index in [9.17, 15) is 0 Å². The fourth-order valence-electron chi connectivity index (χ4n) is 6.22. The van der Waals surface area contributed by atoms with Gasteiger partial charge in [0.05, 0.1) is 0 Å². The van der Waals surface area contributed by atoms with Gasteiger partial charge in [-0.1, -0.05) is 30.3 Å². The topological polar surface area (TPSA) is 89.8 Å². The molecule has 4 aliphatic rings. The molecule has 27 heavy (non-hydrogen) atoms. The van der Waals surface area contributed by atoms with E-state index in [-0.39, 0.29) is 0 Å². The summed E-state index contributed by atoms with van der Waals surface area (Å²) in [5.74, 6) is 3.27. The van der Waals surface area contributed by atoms with Crippen molar-refractivity contribution in [3.05, 3.63) is 35.9 Å². The second-order valence-corrected chi connectivity index (χ2v) is 10.3. The van der Waals surface area contributed by atoms with Crippen molar-refractivity contribution >= 4 is 7.82 Å². The summed E-state index contributed by atoms with van der Waals surface area (Å²) in [6.45, 7) is 3.56. The third-order valence-electron chi connectivity index (χ3n) is 6.70. The zero-order valence-corrected chi connectivity index (χ0v) is 17.2. The Morgan fingerprint density at radius 1 is 1.04 bits per heavy atom. The van der Waals surface area contributed by atoms with Crippen molar-refractivity contribution in [3.8, 4) is 0 Å². The Hall–Kier alpha value is -0.710. The third kappa shape index (κ3) is 6.69. The highest BCUT2D eigenvalue weighted by atomic mass is 31.2. The van der Waals surface area contributed by atoms with Gasteiger partial charge in [0.2, 0.25) is 0 Å². The van der Waals surface area contributed by atoms with E-state index < -0.39 is 7.82 Å². The Morgan fingerprint density at radius 3 is 2.00 bits per heavy atom. The van der Waals surface area contributed by atoms with E-state index in [1.54, 1.807) is 38.5 Å². The third-order valence-corrected chi connectivity index (χ3v) is 6.70. The minimum Gasteiger partial charge on any atom is -0.314 e. The van der Waals surface area contributed by atoms with Crippen LogP contribution in [-0.4, -0.2) is 27.3 Å². The molecule has 5 nitrogen and oxygen atoms in total. The second kappa shape index (κ2) is 8.75. The average Bonchev–Trinajstić information content (AvgIpc) is 2.52. The molecule has 1 aromatic rings. The first kappa shape index (κ1) is 21.0. The monoisotopic (exact) mass is 395 g/mol. The predicted octanol–water partition coefficient (Wildman–Crippen LogP) is 3.89. The molecule has 0 radical (unpaired) electrons. The summed E-state index contributed by atoms with van der Waals surface area (Å²) in [6, 6.07) is 11.5. The predicted molar refractivity (Wildman–Crippen MR) is 107 cm³/mol. The lowest BCUT2D eigenvalue weighted by Gasteiger charge is -2.57. The van der Waals surface area contributed by atoms with Crippen molar-refractivity contribution in [2.45, 2.75) is 64.3 Å². The van der Waals surface area contributed by atoms with Gasteiger partial charge in [-0.25, -0.2) is 4.57 Å². The van der Waals surface area contributed by atoms with Crippen LogP contribution in [0.1, 0.15) is 57.4 Å². The number of benzene rings is 1. The molecule has 0 aliphatic heterocycles. The maximum Gasteiger partial charge on any atom is 0.466 e. The van der Waals surface area contributed by atoms with Gasteiger partial charge in [0.25, 0.3) is 0 Å². The number of phosphoric acid groups is 1. The van der Waals surface area contributed by atoms with Gasteiger partial charge in [-0.2, -0.15) is 0 Å². The fraction of sp³-hybridized carbons (Fsp3) is 0.714. The lowest BCUT2D eigenvalue weighted by molar-refractivity contribution is -0.0569. The Morgan fingerprint density at radius 2 is 1.52 bits per heavy atom. The Labute approximate surface area is 162 Å². The maximum absolute atomic E-state index is 8.88. The van der Waals surface area contributed by atoms with Crippen LogP contribution in [0.3, 0.4) is 0 Å². The van der Waals surface area contributed by atoms with E-state index >= 15 is 0 Å². The van der Waals surface area contributed by atoms with Crippen LogP contribution in [0.15, 0.2) is 30.3 Å². The highest BCUT2D eigenvalue weighted by Gasteiger charge is 2.50. The first-order valence-electron chi connectivity index (χ1n) is 10.3. The van der Waals surface area contributed by atoms with Gasteiger partial charge in [-0.3, -0.25) is 0 Å². The van der Waals surface area contributed by atoms with Gasteiger partial charge >= 0.3 is 7.82 Å². The zero-order chi connectivity index (χ0) is 19.5. The van der Waals surface area contributed by atoms with Crippen LogP contribution in [0, 0.1) is 23.2 Å². The fourth-order valence-corrected chi connectivity index (χ4v) is 6.22. The van der Waals surface area contributed by atoms with Crippen LogP contribution in [0.25, 0.3) is 0 Å². The summed E-state index contributed by atoms with van der Waals surface area (Å²) < 4.78 is 8.88. The summed E-state index contributed by atoms with van der Waals surface area (Å²) in [6.07, 6.45) is 11.9. The first-order valence-corrected chi connectivity index (χ1v) is 11.8. The standard InChI is InChI=1S/C21H31N.H3O4P/c1-16(9-17-5-3-2-4-6-17)22-8-7-21-13-18-10-19(14-21)12-20(11-18)15-21;1-5(2,3)4/h2-6,16,18-20,22H,7-15H2,1H3;(H3,1,2,3,4). The van der Waals surface area contributed by atoms with E-state index in [2.05, 4.69) is 42.6 Å². The molecule has 4 N–H and O–H groups in total. The molecule has 4 fully saturated rings. The number of hydrogen-bond acceptors (Lipinski definition) is 2. The quantitative estimate of drug-likeness (QED) is 0.549. The van der Waals surface area contributed by atoms with Crippen molar-refractivity contribution in [1.29, 1.82) is 0 Å². The van der Waals surface area contributed by atoms with Gasteiger partial charge < -0.3 is 20.0 Å². The number of nitrogens with one attached hydrogen (secondary N) is 1. The Bertz CT molecular complexity index is 601. The lowest BCUT2D eigenvalue weighted by atomic mass is 9.49. The molecule has 4 saturated carbocycles. The molecule has 6 heteroatoms.